The third-order valence-electron chi connectivity index (χ3n) is 1.81. The molecule has 72 valence electrons. The van der Waals surface area contributed by atoms with Crippen LogP contribution in [0.15, 0.2) is 6.20 Å². The largest absolute Gasteiger partial charge is 0.481 e. The Morgan fingerprint density at radius 2 is 2.31 bits per heavy atom. The summed E-state index contributed by atoms with van der Waals surface area (Å²) in [5.74, 6) is -0.862. The van der Waals surface area contributed by atoms with E-state index in [4.69, 9.17) is 9.84 Å². The van der Waals surface area contributed by atoms with E-state index in [1.165, 1.54) is 24.6 Å². The number of nitrogens with zero attached hydrogens (tertiary/aromatic N) is 1. The lowest BCUT2D eigenvalue weighted by Gasteiger charge is -2.15. The van der Waals surface area contributed by atoms with Crippen molar-refractivity contribution in [3.63, 3.8) is 0 Å². The van der Waals surface area contributed by atoms with E-state index < -0.39 is 11.4 Å². The van der Waals surface area contributed by atoms with Gasteiger partial charge in [0.15, 0.2) is 0 Å². The minimum Gasteiger partial charge on any atom is -0.481 e. The van der Waals surface area contributed by atoms with Gasteiger partial charge in [0.25, 0.3) is 5.19 Å². The first-order valence-electron chi connectivity index (χ1n) is 3.72. The highest BCUT2D eigenvalue weighted by Gasteiger charge is 2.31. The molecule has 1 N–H and O–H groups in total. The van der Waals surface area contributed by atoms with Crippen molar-refractivity contribution in [2.75, 3.05) is 7.11 Å². The van der Waals surface area contributed by atoms with Crippen molar-refractivity contribution in [3.05, 3.63) is 11.1 Å². The summed E-state index contributed by atoms with van der Waals surface area (Å²) in [4.78, 5) is 15.5. The number of hydrogen-bond acceptors (Lipinski definition) is 4. The topological polar surface area (TPSA) is 59.4 Å². The van der Waals surface area contributed by atoms with Crippen molar-refractivity contribution < 1.29 is 14.6 Å². The summed E-state index contributed by atoms with van der Waals surface area (Å²) in [6.07, 6.45) is 1.54. The molecule has 13 heavy (non-hydrogen) atoms. The second kappa shape index (κ2) is 3.33. The summed E-state index contributed by atoms with van der Waals surface area (Å²) in [6.45, 7) is 3.28. The van der Waals surface area contributed by atoms with Crippen LogP contribution < -0.4 is 4.74 Å². The minimum absolute atomic E-state index is 0.490. The molecule has 0 fully saturated rings. The summed E-state index contributed by atoms with van der Waals surface area (Å²) in [5.41, 5.74) is -0.894. The van der Waals surface area contributed by atoms with Crippen molar-refractivity contribution in [2.24, 2.45) is 0 Å². The third kappa shape index (κ3) is 1.80. The fourth-order valence-corrected chi connectivity index (χ4v) is 1.57. The van der Waals surface area contributed by atoms with Crippen LogP contribution in [0.2, 0.25) is 0 Å². The molecule has 0 saturated heterocycles. The van der Waals surface area contributed by atoms with E-state index in [2.05, 4.69) is 4.98 Å². The van der Waals surface area contributed by atoms with E-state index in [1.807, 2.05) is 0 Å². The Morgan fingerprint density at radius 3 is 2.69 bits per heavy atom. The molecule has 0 aromatic carbocycles. The van der Waals surface area contributed by atoms with Gasteiger partial charge in [-0.25, -0.2) is 4.98 Å². The van der Waals surface area contributed by atoms with Crippen LogP contribution in [0.3, 0.4) is 0 Å². The molecule has 0 aliphatic rings. The molecule has 0 bridgehead atoms. The van der Waals surface area contributed by atoms with Gasteiger partial charge in [0.1, 0.15) is 0 Å². The van der Waals surface area contributed by atoms with Gasteiger partial charge in [0.05, 0.1) is 12.5 Å². The smallest absolute Gasteiger partial charge is 0.314 e. The Bertz CT molecular complexity index is 319. The first-order valence-corrected chi connectivity index (χ1v) is 4.54. The molecular weight excluding hydrogens is 190 g/mol. The van der Waals surface area contributed by atoms with E-state index in [0.29, 0.717) is 10.1 Å². The Labute approximate surface area is 80.2 Å². The molecule has 0 aliphatic heterocycles. The molecule has 1 aromatic heterocycles. The number of hydrogen-bond donors (Lipinski definition) is 1. The summed E-state index contributed by atoms with van der Waals surface area (Å²) in [6, 6.07) is 0. The summed E-state index contributed by atoms with van der Waals surface area (Å²) in [7, 11) is 1.51. The Balaban J connectivity index is 3.00. The average Bonchev–Trinajstić information content (AvgIpc) is 2.51. The molecule has 1 aromatic rings. The van der Waals surface area contributed by atoms with Gasteiger partial charge in [-0.1, -0.05) is 11.3 Å². The lowest BCUT2D eigenvalue weighted by molar-refractivity contribution is -0.142. The van der Waals surface area contributed by atoms with E-state index in [0.717, 1.165) is 0 Å². The van der Waals surface area contributed by atoms with Crippen molar-refractivity contribution in [1.82, 2.24) is 4.98 Å². The van der Waals surface area contributed by atoms with Crippen LogP contribution in [0.1, 0.15) is 18.7 Å². The highest BCUT2D eigenvalue weighted by atomic mass is 32.1. The van der Waals surface area contributed by atoms with E-state index >= 15 is 0 Å². The first kappa shape index (κ1) is 9.98. The number of aliphatic carboxylic acids is 1. The quantitative estimate of drug-likeness (QED) is 0.805. The third-order valence-corrected chi connectivity index (χ3v) is 3.09. The molecule has 1 heterocycles. The van der Waals surface area contributed by atoms with Crippen LogP contribution in [-0.2, 0) is 10.2 Å². The molecule has 0 spiro atoms. The van der Waals surface area contributed by atoms with Crippen LogP contribution in [-0.4, -0.2) is 23.2 Å². The van der Waals surface area contributed by atoms with Crippen LogP contribution in [0.4, 0.5) is 0 Å². The first-order chi connectivity index (χ1) is 5.98. The number of ether oxygens (including phenoxy) is 1. The average molecular weight is 201 g/mol. The summed E-state index contributed by atoms with van der Waals surface area (Å²) < 4.78 is 4.88. The molecule has 5 heteroatoms. The molecule has 0 saturated carbocycles. The summed E-state index contributed by atoms with van der Waals surface area (Å²) >= 11 is 1.25. The van der Waals surface area contributed by atoms with Crippen molar-refractivity contribution in [3.8, 4) is 5.19 Å². The van der Waals surface area contributed by atoms with Gasteiger partial charge in [-0.05, 0) is 13.8 Å². The maximum absolute atomic E-state index is 10.9. The van der Waals surface area contributed by atoms with E-state index in [1.54, 1.807) is 13.8 Å². The number of methoxy groups -OCH3 is 1. The zero-order chi connectivity index (χ0) is 10.1. The Morgan fingerprint density at radius 1 is 1.69 bits per heavy atom. The van der Waals surface area contributed by atoms with Crippen LogP contribution in [0, 0.1) is 0 Å². The number of carboxylic acids is 1. The van der Waals surface area contributed by atoms with Gasteiger partial charge in [-0.2, -0.15) is 0 Å². The Kier molecular flexibility index (Phi) is 2.56. The number of rotatable bonds is 3. The molecule has 4 nitrogen and oxygen atoms in total. The van der Waals surface area contributed by atoms with Crippen LogP contribution >= 0.6 is 11.3 Å². The SMILES string of the molecule is COc1ncc(C(C)(C)C(=O)O)s1. The number of aromatic nitrogens is 1. The highest BCUT2D eigenvalue weighted by Crippen LogP contribution is 2.31. The predicted molar refractivity (Wildman–Crippen MR) is 49.3 cm³/mol. The van der Waals surface area contributed by atoms with Crippen molar-refractivity contribution in [1.29, 1.82) is 0 Å². The Hall–Kier alpha value is -1.10. The van der Waals surface area contributed by atoms with Gasteiger partial charge in [-0.3, -0.25) is 4.79 Å². The molecule has 0 radical (unpaired) electrons. The fraction of sp³-hybridized carbons (Fsp3) is 0.500. The van der Waals surface area contributed by atoms with Gasteiger partial charge in [-0.15, -0.1) is 0 Å². The standard InChI is InChI=1S/C8H11NO3S/c1-8(2,6(10)11)5-4-9-7(12-3)13-5/h4H,1-3H3,(H,10,11). The number of thiazole rings is 1. The van der Waals surface area contributed by atoms with Crippen LogP contribution in [0.25, 0.3) is 0 Å². The zero-order valence-electron chi connectivity index (χ0n) is 7.70. The van der Waals surface area contributed by atoms with Gasteiger partial charge >= 0.3 is 5.97 Å². The molecular formula is C8H11NO3S. The number of carbonyl (C=O) groups is 1. The predicted octanol–water partition coefficient (Wildman–Crippen LogP) is 1.51. The number of carboxylic acid groups (broad SMARTS) is 1. The van der Waals surface area contributed by atoms with Gasteiger partial charge < -0.3 is 9.84 Å². The summed E-state index contributed by atoms with van der Waals surface area (Å²) in [5, 5.41) is 9.40. The monoisotopic (exact) mass is 201 g/mol. The zero-order valence-corrected chi connectivity index (χ0v) is 8.51. The molecule has 0 unspecified atom stereocenters. The maximum atomic E-state index is 10.9. The van der Waals surface area contributed by atoms with Gasteiger partial charge in [0, 0.05) is 11.1 Å². The second-order valence-electron chi connectivity index (χ2n) is 3.12. The van der Waals surface area contributed by atoms with Crippen LogP contribution in [0.5, 0.6) is 5.19 Å². The van der Waals surface area contributed by atoms with E-state index in [9.17, 15) is 4.79 Å². The molecule has 0 aliphatic carbocycles. The lowest BCUT2D eigenvalue weighted by atomic mass is 9.93. The minimum atomic E-state index is -0.894. The van der Waals surface area contributed by atoms with E-state index in [-0.39, 0.29) is 0 Å². The normalized spacial score (nSPS) is 11.3. The van der Waals surface area contributed by atoms with Gasteiger partial charge in [0.2, 0.25) is 0 Å². The molecule has 0 amide bonds. The molecule has 1 rings (SSSR count). The highest BCUT2D eigenvalue weighted by molar-refractivity contribution is 7.13. The molecule has 0 atom stereocenters. The van der Waals surface area contributed by atoms with Crippen molar-refractivity contribution in [2.45, 2.75) is 19.3 Å². The second-order valence-corrected chi connectivity index (χ2v) is 4.12. The lowest BCUT2D eigenvalue weighted by Crippen LogP contribution is -2.27. The maximum Gasteiger partial charge on any atom is 0.314 e. The fourth-order valence-electron chi connectivity index (χ4n) is 0.747. The van der Waals surface area contributed by atoms with Crippen molar-refractivity contribution >= 4 is 17.3 Å².